The molecule has 100 valence electrons. The maximum Gasteiger partial charge on any atom is 0.314 e. The second-order valence-corrected chi connectivity index (χ2v) is 3.85. The number of nitrogens with one attached hydrogen (secondary N) is 2. The number of urea groups is 1. The van der Waals surface area contributed by atoms with E-state index in [2.05, 4.69) is 5.32 Å². The molecule has 0 fully saturated rings. The fourth-order valence-corrected chi connectivity index (χ4v) is 1.18. The zero-order valence-corrected chi connectivity index (χ0v) is 9.71. The first-order chi connectivity index (χ1) is 7.91. The van der Waals surface area contributed by atoms with Gasteiger partial charge < -0.3 is 15.7 Å². The number of alkyl halides is 2. The summed E-state index contributed by atoms with van der Waals surface area (Å²) in [5.41, 5.74) is 0. The summed E-state index contributed by atoms with van der Waals surface area (Å²) in [6.07, 6.45) is -1.31. The monoisotopic (exact) mass is 252 g/mol. The van der Waals surface area contributed by atoms with E-state index in [0.29, 0.717) is 19.4 Å². The average molecular weight is 252 g/mol. The van der Waals surface area contributed by atoms with Crippen LogP contribution in [0.25, 0.3) is 0 Å². The van der Waals surface area contributed by atoms with E-state index in [1.807, 2.05) is 12.2 Å². The molecule has 17 heavy (non-hydrogen) atoms. The van der Waals surface area contributed by atoms with Gasteiger partial charge in [-0.25, -0.2) is 13.6 Å². The van der Waals surface area contributed by atoms with Crippen molar-refractivity contribution in [2.45, 2.75) is 32.6 Å². The van der Waals surface area contributed by atoms with Gasteiger partial charge >= 0.3 is 12.0 Å². The van der Waals surface area contributed by atoms with Crippen molar-refractivity contribution < 1.29 is 23.5 Å². The molecule has 3 N–H and O–H groups in total. The molecule has 0 radical (unpaired) electrons. The molecular weight excluding hydrogens is 234 g/mol. The number of hydrogen-bond acceptors (Lipinski definition) is 2. The van der Waals surface area contributed by atoms with Gasteiger partial charge in [-0.3, -0.25) is 4.79 Å². The van der Waals surface area contributed by atoms with Gasteiger partial charge in [-0.15, -0.1) is 0 Å². The van der Waals surface area contributed by atoms with E-state index < -0.39 is 25.0 Å². The van der Waals surface area contributed by atoms with Gasteiger partial charge in [0.2, 0.25) is 0 Å². The lowest BCUT2D eigenvalue weighted by molar-refractivity contribution is -0.137. The van der Waals surface area contributed by atoms with Crippen molar-refractivity contribution in [2.24, 2.45) is 5.92 Å². The Hall–Kier alpha value is -1.40. The summed E-state index contributed by atoms with van der Waals surface area (Å²) in [5, 5.41) is 12.9. The Morgan fingerprint density at radius 1 is 1.24 bits per heavy atom. The molecule has 0 spiro atoms. The maximum atomic E-state index is 11.7. The molecule has 0 aliphatic heterocycles. The summed E-state index contributed by atoms with van der Waals surface area (Å²) in [5.74, 6) is -0.680. The van der Waals surface area contributed by atoms with Crippen LogP contribution >= 0.6 is 0 Å². The third-order valence-electron chi connectivity index (χ3n) is 2.19. The van der Waals surface area contributed by atoms with Crippen LogP contribution in [0.2, 0.25) is 0 Å². The minimum Gasteiger partial charge on any atom is -0.481 e. The van der Waals surface area contributed by atoms with E-state index in [1.54, 1.807) is 0 Å². The van der Waals surface area contributed by atoms with Crippen LogP contribution in [0.1, 0.15) is 26.2 Å². The molecule has 5 nitrogen and oxygen atoms in total. The Kier molecular flexibility index (Phi) is 8.00. The number of halogens is 2. The van der Waals surface area contributed by atoms with Gasteiger partial charge in [0.05, 0.1) is 6.54 Å². The molecule has 0 bridgehead atoms. The van der Waals surface area contributed by atoms with Gasteiger partial charge in [0.15, 0.2) is 0 Å². The molecule has 0 heterocycles. The SMILES string of the molecule is CC(CCNC(=O)NCC(F)F)CCC(=O)O. The lowest BCUT2D eigenvalue weighted by atomic mass is 10.0. The van der Waals surface area contributed by atoms with Gasteiger partial charge in [-0.2, -0.15) is 0 Å². The predicted octanol–water partition coefficient (Wildman–Crippen LogP) is 1.44. The molecule has 0 aliphatic rings. The lowest BCUT2D eigenvalue weighted by Gasteiger charge is -2.11. The van der Waals surface area contributed by atoms with E-state index >= 15 is 0 Å². The fourth-order valence-electron chi connectivity index (χ4n) is 1.18. The number of carbonyl (C=O) groups is 2. The summed E-state index contributed by atoms with van der Waals surface area (Å²) in [6, 6.07) is -0.629. The molecule has 0 saturated heterocycles. The summed E-state index contributed by atoms with van der Waals surface area (Å²) in [7, 11) is 0. The molecule has 0 aromatic rings. The minimum absolute atomic E-state index is 0.0960. The lowest BCUT2D eigenvalue weighted by Crippen LogP contribution is -2.38. The molecule has 2 amide bonds. The maximum absolute atomic E-state index is 11.7. The third kappa shape index (κ3) is 10.9. The van der Waals surface area contributed by atoms with Crippen LogP contribution in [0.5, 0.6) is 0 Å². The second kappa shape index (κ2) is 8.72. The topological polar surface area (TPSA) is 78.4 Å². The van der Waals surface area contributed by atoms with Gasteiger partial charge in [-0.05, 0) is 18.8 Å². The van der Waals surface area contributed by atoms with E-state index in [1.165, 1.54) is 0 Å². The predicted molar refractivity (Wildman–Crippen MR) is 58.1 cm³/mol. The summed E-state index contributed by atoms with van der Waals surface area (Å²) in [6.45, 7) is 1.55. The van der Waals surface area contributed by atoms with Crippen molar-refractivity contribution in [3.05, 3.63) is 0 Å². The highest BCUT2D eigenvalue weighted by Crippen LogP contribution is 2.08. The first-order valence-corrected chi connectivity index (χ1v) is 5.43. The average Bonchev–Trinajstić information content (AvgIpc) is 2.23. The van der Waals surface area contributed by atoms with Crippen molar-refractivity contribution in [1.29, 1.82) is 0 Å². The molecule has 1 atom stereocenters. The Labute approximate surface area is 98.6 Å². The van der Waals surface area contributed by atoms with Crippen molar-refractivity contribution in [3.63, 3.8) is 0 Å². The van der Waals surface area contributed by atoms with E-state index in [9.17, 15) is 18.4 Å². The first-order valence-electron chi connectivity index (χ1n) is 5.43. The van der Waals surface area contributed by atoms with Crippen LogP contribution in [0.3, 0.4) is 0 Å². The smallest absolute Gasteiger partial charge is 0.314 e. The van der Waals surface area contributed by atoms with Crippen molar-refractivity contribution >= 4 is 12.0 Å². The second-order valence-electron chi connectivity index (χ2n) is 3.85. The number of amides is 2. The van der Waals surface area contributed by atoms with Crippen molar-refractivity contribution in [3.8, 4) is 0 Å². The highest BCUT2D eigenvalue weighted by molar-refractivity contribution is 5.73. The standard InChI is InChI=1S/C10H18F2N2O3/c1-7(2-3-9(15)16)4-5-13-10(17)14-6-8(11)12/h7-8H,2-6H2,1H3,(H,15,16)(H2,13,14,17). The van der Waals surface area contributed by atoms with Crippen LogP contribution in [-0.2, 0) is 4.79 Å². The molecule has 0 aromatic heterocycles. The van der Waals surface area contributed by atoms with E-state index in [0.717, 1.165) is 0 Å². The van der Waals surface area contributed by atoms with Gasteiger partial charge in [-0.1, -0.05) is 6.92 Å². The number of aliphatic carboxylic acids is 1. The molecule has 0 aromatic carbocycles. The number of carboxylic acids is 1. The summed E-state index contributed by atoms with van der Waals surface area (Å²) >= 11 is 0. The molecule has 0 aliphatic carbocycles. The highest BCUT2D eigenvalue weighted by atomic mass is 19.3. The fraction of sp³-hybridized carbons (Fsp3) is 0.800. The first kappa shape index (κ1) is 15.6. The molecule has 1 unspecified atom stereocenters. The van der Waals surface area contributed by atoms with Gasteiger partial charge in [0.25, 0.3) is 6.43 Å². The largest absolute Gasteiger partial charge is 0.481 e. The zero-order chi connectivity index (χ0) is 13.3. The minimum atomic E-state index is -2.56. The number of carboxylic acid groups (broad SMARTS) is 1. The van der Waals surface area contributed by atoms with Gasteiger partial charge in [0, 0.05) is 13.0 Å². The third-order valence-corrected chi connectivity index (χ3v) is 2.19. The van der Waals surface area contributed by atoms with Crippen molar-refractivity contribution in [1.82, 2.24) is 10.6 Å². The molecule has 7 heteroatoms. The Balaban J connectivity index is 3.48. The van der Waals surface area contributed by atoms with Crippen LogP contribution < -0.4 is 10.6 Å². The number of carbonyl (C=O) groups excluding carboxylic acids is 1. The Morgan fingerprint density at radius 2 is 1.88 bits per heavy atom. The summed E-state index contributed by atoms with van der Waals surface area (Å²) in [4.78, 5) is 21.2. The quantitative estimate of drug-likeness (QED) is 0.611. The zero-order valence-electron chi connectivity index (χ0n) is 9.71. The number of hydrogen-bond donors (Lipinski definition) is 3. The highest BCUT2D eigenvalue weighted by Gasteiger charge is 2.08. The molecular formula is C10H18F2N2O3. The van der Waals surface area contributed by atoms with Gasteiger partial charge in [0.1, 0.15) is 0 Å². The van der Waals surface area contributed by atoms with Crippen LogP contribution in [-0.4, -0.2) is 36.6 Å². The Morgan fingerprint density at radius 3 is 2.41 bits per heavy atom. The number of rotatable bonds is 8. The molecule has 0 rings (SSSR count). The Bertz CT molecular complexity index is 250. The summed E-state index contributed by atoms with van der Waals surface area (Å²) < 4.78 is 23.4. The normalized spacial score (nSPS) is 12.2. The van der Waals surface area contributed by atoms with E-state index in [-0.39, 0.29) is 12.3 Å². The van der Waals surface area contributed by atoms with Crippen LogP contribution in [0, 0.1) is 5.92 Å². The van der Waals surface area contributed by atoms with Crippen molar-refractivity contribution in [2.75, 3.05) is 13.1 Å². The van der Waals surface area contributed by atoms with E-state index in [4.69, 9.17) is 5.11 Å². The van der Waals surface area contributed by atoms with Crippen LogP contribution in [0.4, 0.5) is 13.6 Å². The van der Waals surface area contributed by atoms with Crippen LogP contribution in [0.15, 0.2) is 0 Å². The molecule has 0 saturated carbocycles.